The summed E-state index contributed by atoms with van der Waals surface area (Å²) in [6.45, 7) is 0.383. The molecule has 25 heavy (non-hydrogen) atoms. The van der Waals surface area contributed by atoms with Crippen molar-refractivity contribution in [2.45, 2.75) is 31.1 Å². The number of carbonyl (C=O) groups excluding carboxylic acids is 1. The van der Waals surface area contributed by atoms with Gasteiger partial charge in [-0.15, -0.1) is 11.3 Å². The SMILES string of the molecule is CN(C)c1ccccc1C#CCNC(=O)C1(c2cccs2)CCCC1. The molecule has 1 aromatic carbocycles. The molecule has 3 rings (SSSR count). The van der Waals surface area contributed by atoms with Gasteiger partial charge in [-0.3, -0.25) is 4.79 Å². The molecule has 1 aliphatic rings. The smallest absolute Gasteiger partial charge is 0.232 e. The Labute approximate surface area is 154 Å². The van der Waals surface area contributed by atoms with Gasteiger partial charge in [0.15, 0.2) is 0 Å². The molecule has 130 valence electrons. The zero-order valence-electron chi connectivity index (χ0n) is 14.8. The first-order chi connectivity index (χ1) is 12.1. The lowest BCUT2D eigenvalue weighted by atomic mass is 9.83. The highest BCUT2D eigenvalue weighted by Gasteiger charge is 2.43. The Morgan fingerprint density at radius 3 is 2.64 bits per heavy atom. The van der Waals surface area contributed by atoms with Crippen LogP contribution in [0.4, 0.5) is 5.69 Å². The maximum atomic E-state index is 12.9. The van der Waals surface area contributed by atoms with Gasteiger partial charge in [0, 0.05) is 24.5 Å². The Bertz CT molecular complexity index is 778. The minimum absolute atomic E-state index is 0.127. The number of para-hydroxylation sites is 1. The molecule has 0 aliphatic heterocycles. The van der Waals surface area contributed by atoms with E-state index in [0.29, 0.717) is 6.54 Å². The Kier molecular flexibility index (Phi) is 5.45. The number of benzene rings is 1. The molecule has 4 heteroatoms. The van der Waals surface area contributed by atoms with Crippen LogP contribution < -0.4 is 10.2 Å². The summed E-state index contributed by atoms with van der Waals surface area (Å²) in [5.41, 5.74) is 1.74. The first-order valence-corrected chi connectivity index (χ1v) is 9.59. The molecule has 1 fully saturated rings. The molecule has 0 atom stereocenters. The predicted octanol–water partition coefficient (Wildman–Crippen LogP) is 3.79. The number of anilines is 1. The molecular formula is C21H24N2OS. The van der Waals surface area contributed by atoms with E-state index >= 15 is 0 Å². The average Bonchev–Trinajstić information content (AvgIpc) is 3.30. The molecule has 0 spiro atoms. The number of nitrogens with zero attached hydrogens (tertiary/aromatic N) is 1. The van der Waals surface area contributed by atoms with Crippen LogP contribution in [-0.2, 0) is 10.2 Å². The molecule has 1 N–H and O–H groups in total. The fourth-order valence-corrected chi connectivity index (χ4v) is 4.50. The monoisotopic (exact) mass is 352 g/mol. The van der Waals surface area contributed by atoms with Crippen molar-refractivity contribution in [3.05, 3.63) is 52.2 Å². The standard InChI is InChI=1S/C21H24N2OS/c1-23(2)18-11-4-3-9-17(18)10-7-15-22-20(24)21(13-5-6-14-21)19-12-8-16-25-19/h3-4,8-9,11-12,16H,5-6,13-15H2,1-2H3,(H,22,24). The van der Waals surface area contributed by atoms with Gasteiger partial charge in [0.2, 0.25) is 5.91 Å². The Balaban J connectivity index is 1.68. The molecule has 1 heterocycles. The van der Waals surface area contributed by atoms with Crippen molar-refractivity contribution in [1.82, 2.24) is 5.32 Å². The van der Waals surface area contributed by atoms with Crippen LogP contribution in [0, 0.1) is 11.8 Å². The van der Waals surface area contributed by atoms with Gasteiger partial charge in [-0.25, -0.2) is 0 Å². The Hall–Kier alpha value is -2.25. The predicted molar refractivity (Wildman–Crippen MR) is 105 cm³/mol. The van der Waals surface area contributed by atoms with Crippen molar-refractivity contribution in [3.63, 3.8) is 0 Å². The summed E-state index contributed by atoms with van der Waals surface area (Å²) >= 11 is 1.69. The van der Waals surface area contributed by atoms with Crippen LogP contribution in [0.25, 0.3) is 0 Å². The van der Waals surface area contributed by atoms with Crippen LogP contribution >= 0.6 is 11.3 Å². The summed E-state index contributed by atoms with van der Waals surface area (Å²) in [5, 5.41) is 5.11. The molecule has 1 amide bonds. The number of thiophene rings is 1. The van der Waals surface area contributed by atoms with E-state index in [9.17, 15) is 4.79 Å². The first kappa shape index (κ1) is 17.6. The van der Waals surface area contributed by atoms with E-state index in [1.54, 1.807) is 11.3 Å². The highest BCUT2D eigenvalue weighted by Crippen LogP contribution is 2.43. The fourth-order valence-electron chi connectivity index (χ4n) is 3.52. The lowest BCUT2D eigenvalue weighted by Gasteiger charge is -2.26. The van der Waals surface area contributed by atoms with Gasteiger partial charge in [-0.2, -0.15) is 0 Å². The van der Waals surface area contributed by atoms with Crippen LogP contribution in [0.1, 0.15) is 36.1 Å². The van der Waals surface area contributed by atoms with Gasteiger partial charge < -0.3 is 10.2 Å². The molecule has 1 aromatic heterocycles. The van der Waals surface area contributed by atoms with Crippen LogP contribution in [-0.4, -0.2) is 26.5 Å². The van der Waals surface area contributed by atoms with Gasteiger partial charge in [0.05, 0.1) is 17.6 Å². The molecule has 3 nitrogen and oxygen atoms in total. The lowest BCUT2D eigenvalue weighted by molar-refractivity contribution is -0.126. The lowest BCUT2D eigenvalue weighted by Crippen LogP contribution is -2.42. The number of hydrogen-bond donors (Lipinski definition) is 1. The van der Waals surface area contributed by atoms with Gasteiger partial charge in [-0.05, 0) is 36.4 Å². The molecule has 0 saturated heterocycles. The Morgan fingerprint density at radius 2 is 1.96 bits per heavy atom. The second kappa shape index (κ2) is 7.76. The normalized spacial score (nSPS) is 15.3. The summed E-state index contributed by atoms with van der Waals surface area (Å²) in [6, 6.07) is 12.2. The molecule has 2 aromatic rings. The van der Waals surface area contributed by atoms with E-state index in [4.69, 9.17) is 0 Å². The van der Waals surface area contributed by atoms with Gasteiger partial charge in [-0.1, -0.05) is 42.9 Å². The maximum Gasteiger partial charge on any atom is 0.232 e. The zero-order valence-corrected chi connectivity index (χ0v) is 15.7. The van der Waals surface area contributed by atoms with E-state index in [1.165, 1.54) is 4.88 Å². The van der Waals surface area contributed by atoms with Crippen molar-refractivity contribution >= 4 is 22.9 Å². The average molecular weight is 353 g/mol. The van der Waals surface area contributed by atoms with E-state index in [2.05, 4.69) is 28.6 Å². The quantitative estimate of drug-likeness (QED) is 0.849. The summed E-state index contributed by atoms with van der Waals surface area (Å²) < 4.78 is 0. The van der Waals surface area contributed by atoms with E-state index in [1.807, 2.05) is 49.3 Å². The van der Waals surface area contributed by atoms with E-state index in [0.717, 1.165) is 36.9 Å². The third-order valence-corrected chi connectivity index (χ3v) is 5.90. The van der Waals surface area contributed by atoms with Crippen LogP contribution in [0.3, 0.4) is 0 Å². The molecule has 1 aliphatic carbocycles. The molecular weight excluding hydrogens is 328 g/mol. The highest BCUT2D eigenvalue weighted by atomic mass is 32.1. The van der Waals surface area contributed by atoms with Gasteiger partial charge in [0.1, 0.15) is 0 Å². The van der Waals surface area contributed by atoms with Gasteiger partial charge in [0.25, 0.3) is 0 Å². The zero-order chi connectivity index (χ0) is 17.7. The number of hydrogen-bond acceptors (Lipinski definition) is 3. The van der Waals surface area contributed by atoms with Crippen molar-refractivity contribution in [3.8, 4) is 11.8 Å². The van der Waals surface area contributed by atoms with Crippen LogP contribution in [0.5, 0.6) is 0 Å². The molecule has 0 unspecified atom stereocenters. The van der Waals surface area contributed by atoms with Crippen molar-refractivity contribution in [2.24, 2.45) is 0 Å². The number of carbonyl (C=O) groups is 1. The van der Waals surface area contributed by atoms with Crippen molar-refractivity contribution in [1.29, 1.82) is 0 Å². The fraction of sp³-hybridized carbons (Fsp3) is 0.381. The minimum atomic E-state index is -0.336. The van der Waals surface area contributed by atoms with Crippen molar-refractivity contribution in [2.75, 3.05) is 25.5 Å². The maximum absolute atomic E-state index is 12.9. The third kappa shape index (κ3) is 3.72. The number of amides is 1. The van der Waals surface area contributed by atoms with Crippen LogP contribution in [0.15, 0.2) is 41.8 Å². The number of rotatable bonds is 4. The molecule has 0 radical (unpaired) electrons. The molecule has 1 saturated carbocycles. The second-order valence-corrected chi connectivity index (χ2v) is 7.61. The van der Waals surface area contributed by atoms with E-state index in [-0.39, 0.29) is 11.3 Å². The highest BCUT2D eigenvalue weighted by molar-refractivity contribution is 7.10. The summed E-state index contributed by atoms with van der Waals surface area (Å²) in [7, 11) is 4.01. The van der Waals surface area contributed by atoms with Gasteiger partial charge >= 0.3 is 0 Å². The summed E-state index contributed by atoms with van der Waals surface area (Å²) in [4.78, 5) is 16.1. The van der Waals surface area contributed by atoms with Crippen molar-refractivity contribution < 1.29 is 4.79 Å². The molecule has 0 bridgehead atoms. The minimum Gasteiger partial charge on any atom is -0.377 e. The third-order valence-electron chi connectivity index (χ3n) is 4.83. The topological polar surface area (TPSA) is 32.3 Å². The number of nitrogens with one attached hydrogen (secondary N) is 1. The second-order valence-electron chi connectivity index (χ2n) is 6.66. The largest absolute Gasteiger partial charge is 0.377 e. The van der Waals surface area contributed by atoms with E-state index < -0.39 is 0 Å². The Morgan fingerprint density at radius 1 is 1.20 bits per heavy atom. The summed E-state index contributed by atoms with van der Waals surface area (Å²) in [5.74, 6) is 6.42. The van der Waals surface area contributed by atoms with Crippen LogP contribution in [0.2, 0.25) is 0 Å². The summed E-state index contributed by atoms with van der Waals surface area (Å²) in [6.07, 6.45) is 4.12. The first-order valence-electron chi connectivity index (χ1n) is 8.71.